The third-order valence-electron chi connectivity index (χ3n) is 5.00. The average molecular weight is 341 g/mol. The van der Waals surface area contributed by atoms with Gasteiger partial charge in [-0.3, -0.25) is 4.79 Å². The van der Waals surface area contributed by atoms with Gasteiger partial charge in [-0.05, 0) is 56.8 Å². The number of piperidine rings is 1. The van der Waals surface area contributed by atoms with Crippen LogP contribution in [0, 0.1) is 11.8 Å². The molecule has 2 N–H and O–H groups in total. The van der Waals surface area contributed by atoms with Gasteiger partial charge in [-0.15, -0.1) is 5.10 Å². The molecule has 3 rings (SSSR count). The van der Waals surface area contributed by atoms with Crippen molar-refractivity contribution < 1.29 is 4.79 Å². The molecule has 3 atom stereocenters. The quantitative estimate of drug-likeness (QED) is 0.847. The minimum Gasteiger partial charge on any atom is -0.348 e. The number of nitrogens with one attached hydrogen (secondary N) is 2. The summed E-state index contributed by atoms with van der Waals surface area (Å²) in [7, 11) is 0. The van der Waals surface area contributed by atoms with E-state index in [9.17, 15) is 4.79 Å². The van der Waals surface area contributed by atoms with Crippen LogP contribution in [0.1, 0.15) is 44.8 Å². The van der Waals surface area contributed by atoms with Gasteiger partial charge in [0.15, 0.2) is 0 Å². The fourth-order valence-electron chi connectivity index (χ4n) is 3.38. The van der Waals surface area contributed by atoms with Gasteiger partial charge in [0.1, 0.15) is 5.69 Å². The monoisotopic (exact) mass is 341 g/mol. The summed E-state index contributed by atoms with van der Waals surface area (Å²) in [5.74, 6) is 1.06. The molecule has 0 spiro atoms. The van der Waals surface area contributed by atoms with Gasteiger partial charge in [-0.25, -0.2) is 4.68 Å². The van der Waals surface area contributed by atoms with Gasteiger partial charge < -0.3 is 10.6 Å². The topological polar surface area (TPSA) is 71.8 Å². The van der Waals surface area contributed by atoms with E-state index in [4.69, 9.17) is 0 Å². The van der Waals surface area contributed by atoms with Crippen LogP contribution in [0.5, 0.6) is 0 Å². The first-order valence-electron chi connectivity index (χ1n) is 9.11. The van der Waals surface area contributed by atoms with Gasteiger partial charge in [-0.1, -0.05) is 30.3 Å². The summed E-state index contributed by atoms with van der Waals surface area (Å²) in [6, 6.07) is 9.69. The Balaban J connectivity index is 1.54. The van der Waals surface area contributed by atoms with Crippen LogP contribution in [0.4, 0.5) is 0 Å². The number of aromatic nitrogens is 3. The van der Waals surface area contributed by atoms with Crippen LogP contribution < -0.4 is 10.6 Å². The molecule has 0 radical (unpaired) electrons. The Bertz CT molecular complexity index is 678. The maximum absolute atomic E-state index is 12.4. The van der Waals surface area contributed by atoms with Crippen LogP contribution in [0.15, 0.2) is 36.5 Å². The molecule has 1 aromatic carbocycles. The lowest BCUT2D eigenvalue weighted by Gasteiger charge is -2.28. The van der Waals surface area contributed by atoms with Crippen LogP contribution in [-0.4, -0.2) is 34.0 Å². The predicted molar refractivity (Wildman–Crippen MR) is 97.3 cm³/mol. The molecule has 1 fully saturated rings. The number of hydrogen-bond donors (Lipinski definition) is 2. The zero-order chi connectivity index (χ0) is 17.6. The first-order valence-corrected chi connectivity index (χ1v) is 9.11. The Hall–Kier alpha value is -2.21. The molecular formula is C19H27N5O. The van der Waals surface area contributed by atoms with E-state index in [0.29, 0.717) is 18.3 Å². The highest BCUT2D eigenvalue weighted by Crippen LogP contribution is 2.23. The number of amides is 1. The maximum Gasteiger partial charge on any atom is 0.220 e. The molecule has 2 heterocycles. The molecule has 0 saturated carbocycles. The van der Waals surface area contributed by atoms with Gasteiger partial charge in [-0.2, -0.15) is 0 Å². The summed E-state index contributed by atoms with van der Waals surface area (Å²) in [4.78, 5) is 12.4. The molecule has 134 valence electrons. The first kappa shape index (κ1) is 17.6. The number of hydrogen-bond acceptors (Lipinski definition) is 4. The molecule has 1 aliphatic heterocycles. The van der Waals surface area contributed by atoms with Crippen molar-refractivity contribution in [2.24, 2.45) is 11.8 Å². The van der Waals surface area contributed by atoms with E-state index in [-0.39, 0.29) is 11.9 Å². The lowest BCUT2D eigenvalue weighted by atomic mass is 9.85. The van der Waals surface area contributed by atoms with Gasteiger partial charge in [0.05, 0.1) is 17.9 Å². The van der Waals surface area contributed by atoms with Crippen molar-refractivity contribution in [1.29, 1.82) is 0 Å². The van der Waals surface area contributed by atoms with E-state index < -0.39 is 0 Å². The molecule has 1 aliphatic rings. The fraction of sp³-hybridized carbons (Fsp3) is 0.526. The van der Waals surface area contributed by atoms with Crippen LogP contribution in [0.25, 0.3) is 5.69 Å². The van der Waals surface area contributed by atoms with Crippen LogP contribution in [0.3, 0.4) is 0 Å². The summed E-state index contributed by atoms with van der Waals surface area (Å²) < 4.78 is 1.73. The fourth-order valence-corrected chi connectivity index (χ4v) is 3.38. The number of rotatable bonds is 6. The Morgan fingerprint density at radius 2 is 2.16 bits per heavy atom. The second-order valence-electron chi connectivity index (χ2n) is 7.00. The third kappa shape index (κ3) is 4.66. The maximum atomic E-state index is 12.4. The highest BCUT2D eigenvalue weighted by atomic mass is 16.1. The second-order valence-corrected chi connectivity index (χ2v) is 7.00. The minimum atomic E-state index is -0.151. The molecule has 0 bridgehead atoms. The Morgan fingerprint density at radius 1 is 1.36 bits per heavy atom. The molecule has 6 heteroatoms. The average Bonchev–Trinajstić information content (AvgIpc) is 3.13. The molecule has 0 aliphatic carbocycles. The zero-order valence-electron chi connectivity index (χ0n) is 15.0. The molecule has 1 saturated heterocycles. The van der Waals surface area contributed by atoms with Crippen molar-refractivity contribution in [3.05, 3.63) is 42.2 Å². The van der Waals surface area contributed by atoms with Gasteiger partial charge in [0.2, 0.25) is 5.91 Å². The lowest BCUT2D eigenvalue weighted by Crippen LogP contribution is -2.36. The molecule has 25 heavy (non-hydrogen) atoms. The van der Waals surface area contributed by atoms with E-state index in [1.807, 2.05) is 43.5 Å². The molecule has 1 amide bonds. The van der Waals surface area contributed by atoms with Crippen molar-refractivity contribution in [3.8, 4) is 5.69 Å². The van der Waals surface area contributed by atoms with E-state index in [2.05, 4.69) is 27.9 Å². The van der Waals surface area contributed by atoms with Crippen LogP contribution in [-0.2, 0) is 4.79 Å². The summed E-state index contributed by atoms with van der Waals surface area (Å²) in [5, 5.41) is 14.8. The Labute approximate surface area is 149 Å². The van der Waals surface area contributed by atoms with E-state index >= 15 is 0 Å². The standard InChI is InChI=1S/C19H27N5O/c1-14(16-7-6-10-20-12-16)11-19(25)21-15(2)18-13-24(23-22-18)17-8-4-3-5-9-17/h3-5,8-9,13-16,20H,6-7,10-12H2,1-2H3,(H,21,25). The van der Waals surface area contributed by atoms with Crippen LogP contribution >= 0.6 is 0 Å². The number of nitrogens with zero attached hydrogens (tertiary/aromatic N) is 3. The Morgan fingerprint density at radius 3 is 2.88 bits per heavy atom. The smallest absolute Gasteiger partial charge is 0.220 e. The van der Waals surface area contributed by atoms with Crippen molar-refractivity contribution >= 4 is 5.91 Å². The lowest BCUT2D eigenvalue weighted by molar-refractivity contribution is -0.123. The zero-order valence-corrected chi connectivity index (χ0v) is 15.0. The predicted octanol–water partition coefficient (Wildman–Crippen LogP) is 2.47. The van der Waals surface area contributed by atoms with Crippen molar-refractivity contribution in [2.75, 3.05) is 13.1 Å². The summed E-state index contributed by atoms with van der Waals surface area (Å²) in [6.07, 6.45) is 4.84. The molecule has 6 nitrogen and oxygen atoms in total. The van der Waals surface area contributed by atoms with Gasteiger partial charge >= 0.3 is 0 Å². The van der Waals surface area contributed by atoms with Crippen LogP contribution in [0.2, 0.25) is 0 Å². The number of para-hydroxylation sites is 1. The van der Waals surface area contributed by atoms with Crippen molar-refractivity contribution in [3.63, 3.8) is 0 Å². The SMILES string of the molecule is CC(NC(=O)CC(C)C1CCCNC1)c1cn(-c2ccccc2)nn1. The summed E-state index contributed by atoms with van der Waals surface area (Å²) in [5.41, 5.74) is 1.72. The molecule has 3 unspecified atom stereocenters. The van der Waals surface area contributed by atoms with Crippen molar-refractivity contribution in [1.82, 2.24) is 25.6 Å². The number of carbonyl (C=O) groups is 1. The summed E-state index contributed by atoms with van der Waals surface area (Å²) in [6.45, 7) is 6.25. The highest BCUT2D eigenvalue weighted by Gasteiger charge is 2.23. The largest absolute Gasteiger partial charge is 0.348 e. The van der Waals surface area contributed by atoms with E-state index in [0.717, 1.165) is 24.5 Å². The second kappa shape index (κ2) is 8.25. The molecule has 1 aromatic heterocycles. The van der Waals surface area contributed by atoms with Gasteiger partial charge in [0.25, 0.3) is 0 Å². The normalized spacial score (nSPS) is 20.0. The molecular weight excluding hydrogens is 314 g/mol. The van der Waals surface area contributed by atoms with E-state index in [1.165, 1.54) is 12.8 Å². The van der Waals surface area contributed by atoms with Crippen molar-refractivity contribution in [2.45, 2.75) is 39.2 Å². The Kier molecular flexibility index (Phi) is 5.81. The van der Waals surface area contributed by atoms with E-state index in [1.54, 1.807) is 4.68 Å². The summed E-state index contributed by atoms with van der Waals surface area (Å²) >= 11 is 0. The first-order chi connectivity index (χ1) is 12.1. The highest BCUT2D eigenvalue weighted by molar-refractivity contribution is 5.76. The number of carbonyl (C=O) groups excluding carboxylic acids is 1. The number of benzene rings is 1. The minimum absolute atomic E-state index is 0.0832. The molecule has 2 aromatic rings. The third-order valence-corrected chi connectivity index (χ3v) is 5.00. The van der Waals surface area contributed by atoms with Gasteiger partial charge in [0, 0.05) is 6.42 Å².